The number of aryl methyl sites for hydroxylation is 1. The highest BCUT2D eigenvalue weighted by molar-refractivity contribution is 8.00. The highest BCUT2D eigenvalue weighted by atomic mass is 32.2. The van der Waals surface area contributed by atoms with Gasteiger partial charge >= 0.3 is 6.18 Å². The average molecular weight is 463 g/mol. The summed E-state index contributed by atoms with van der Waals surface area (Å²) in [5.41, 5.74) is 4.50. The van der Waals surface area contributed by atoms with E-state index in [0.29, 0.717) is 0 Å². The molecule has 31 heavy (non-hydrogen) atoms. The summed E-state index contributed by atoms with van der Waals surface area (Å²) in [7, 11) is 0. The van der Waals surface area contributed by atoms with Crippen LogP contribution in [0.2, 0.25) is 0 Å². The lowest BCUT2D eigenvalue weighted by Crippen LogP contribution is -2.37. The summed E-state index contributed by atoms with van der Waals surface area (Å²) < 4.78 is 39.1. The third-order valence-electron chi connectivity index (χ3n) is 5.25. The van der Waals surface area contributed by atoms with Gasteiger partial charge in [-0.1, -0.05) is 54.2 Å². The molecule has 3 nitrogen and oxygen atoms in total. The van der Waals surface area contributed by atoms with Gasteiger partial charge < -0.3 is 5.32 Å². The van der Waals surface area contributed by atoms with Crippen molar-refractivity contribution in [3.05, 3.63) is 70.7 Å². The largest absolute Gasteiger partial charge is 0.405 e. The molecule has 1 unspecified atom stereocenters. The lowest BCUT2D eigenvalue weighted by molar-refractivity contribution is -0.138. The van der Waals surface area contributed by atoms with Crippen LogP contribution in [-0.2, 0) is 11.2 Å². The molecular formula is C23H21F3N2OS2. The minimum Gasteiger partial charge on any atom is -0.346 e. The van der Waals surface area contributed by atoms with Crippen molar-refractivity contribution in [3.8, 4) is 11.1 Å². The van der Waals surface area contributed by atoms with Crippen molar-refractivity contribution < 1.29 is 18.0 Å². The van der Waals surface area contributed by atoms with Gasteiger partial charge in [-0.15, -0.1) is 11.3 Å². The maximum absolute atomic E-state index is 12.9. The summed E-state index contributed by atoms with van der Waals surface area (Å²) in [5, 5.41) is 4.05. The number of benzene rings is 2. The number of fused-ring (bicyclic) bond motifs is 3. The minimum absolute atomic E-state index is 0.602. The van der Waals surface area contributed by atoms with Gasteiger partial charge in [0.2, 0.25) is 5.91 Å². The highest BCUT2D eigenvalue weighted by Crippen LogP contribution is 2.46. The topological polar surface area (TPSA) is 42.0 Å². The predicted octanol–water partition coefficient (Wildman–Crippen LogP) is 6.05. The number of rotatable bonds is 8. The van der Waals surface area contributed by atoms with Crippen LogP contribution in [0.4, 0.5) is 13.2 Å². The van der Waals surface area contributed by atoms with Crippen LogP contribution >= 0.6 is 23.1 Å². The lowest BCUT2D eigenvalue weighted by Gasteiger charge is -2.18. The lowest BCUT2D eigenvalue weighted by atomic mass is 9.90. The number of aromatic nitrogens is 1. The van der Waals surface area contributed by atoms with Gasteiger partial charge in [0.25, 0.3) is 0 Å². The summed E-state index contributed by atoms with van der Waals surface area (Å²) in [6, 6.07) is 13.4. The number of carbonyl (C=O) groups excluding carboxylic acids is 1. The van der Waals surface area contributed by atoms with Crippen LogP contribution in [0.3, 0.4) is 0 Å². The van der Waals surface area contributed by atoms with E-state index in [2.05, 4.69) is 10.3 Å². The van der Waals surface area contributed by atoms with Crippen LogP contribution in [0, 0.1) is 0 Å². The third-order valence-corrected chi connectivity index (χ3v) is 7.30. The Bertz CT molecular complexity index is 1050. The molecule has 1 aromatic heterocycles. The highest BCUT2D eigenvalue weighted by Gasteiger charge is 2.37. The molecule has 1 N–H and O–H groups in total. The Labute approximate surface area is 187 Å². The molecule has 0 aliphatic heterocycles. The van der Waals surface area contributed by atoms with Crippen LogP contribution in [0.25, 0.3) is 11.1 Å². The van der Waals surface area contributed by atoms with Crippen molar-refractivity contribution in [2.24, 2.45) is 0 Å². The van der Waals surface area contributed by atoms with Crippen molar-refractivity contribution in [3.63, 3.8) is 0 Å². The Balaban J connectivity index is 1.51. The molecule has 0 saturated carbocycles. The van der Waals surface area contributed by atoms with Gasteiger partial charge in [0, 0.05) is 17.3 Å². The van der Waals surface area contributed by atoms with E-state index in [-0.39, 0.29) is 0 Å². The van der Waals surface area contributed by atoms with Crippen LogP contribution in [0.15, 0.2) is 58.4 Å². The second-order valence-electron chi connectivity index (χ2n) is 7.34. The van der Waals surface area contributed by atoms with Crippen LogP contribution in [-0.4, -0.2) is 29.4 Å². The summed E-state index contributed by atoms with van der Waals surface area (Å²) in [6.07, 6.45) is 0.0552. The van der Waals surface area contributed by atoms with Crippen molar-refractivity contribution in [1.82, 2.24) is 10.3 Å². The number of nitrogens with one attached hydrogen (secondary N) is 1. The van der Waals surface area contributed by atoms with Crippen molar-refractivity contribution in [2.45, 2.75) is 35.7 Å². The Kier molecular flexibility index (Phi) is 6.67. The minimum atomic E-state index is -4.44. The number of alkyl halides is 3. The second-order valence-corrected chi connectivity index (χ2v) is 9.57. The molecule has 0 fully saturated rings. The van der Waals surface area contributed by atoms with E-state index in [1.165, 1.54) is 0 Å². The summed E-state index contributed by atoms with van der Waals surface area (Å²) in [4.78, 5) is 17.1. The van der Waals surface area contributed by atoms with Crippen LogP contribution < -0.4 is 5.32 Å². The molecule has 1 heterocycles. The molecule has 0 spiro atoms. The molecular weight excluding hydrogens is 441 g/mol. The fourth-order valence-electron chi connectivity index (χ4n) is 3.98. The first-order valence-corrected chi connectivity index (χ1v) is 11.9. The number of amides is 1. The van der Waals surface area contributed by atoms with Gasteiger partial charge in [-0.3, -0.25) is 4.79 Å². The number of hydrogen-bond donors (Lipinski definition) is 1. The van der Waals surface area contributed by atoms with Crippen LogP contribution in [0.5, 0.6) is 0 Å². The number of thiazole rings is 1. The standard InChI is InChI=1S/C23H21F3N2OS2/c24-23(25,26)14-28-21(29)20-18-9-2-1-8-16(18)17-10-5-7-15(19(17)20)6-3-4-12-30-22-27-11-13-31-22/h1-2,5,7-11,13,20H,3-4,6,12,14H2,(H,28,29). The molecule has 8 heteroatoms. The van der Waals surface area contributed by atoms with Crippen molar-refractivity contribution in [2.75, 3.05) is 12.3 Å². The number of hydrogen-bond acceptors (Lipinski definition) is 4. The first-order chi connectivity index (χ1) is 14.9. The van der Waals surface area contributed by atoms with E-state index in [0.717, 1.165) is 57.2 Å². The number of nitrogens with zero attached hydrogens (tertiary/aromatic N) is 1. The number of unbranched alkanes of at least 4 members (excludes halogenated alkanes) is 1. The molecule has 1 amide bonds. The van der Waals surface area contributed by atoms with E-state index in [1.807, 2.05) is 47.8 Å². The summed E-state index contributed by atoms with van der Waals surface area (Å²) >= 11 is 3.35. The first kappa shape index (κ1) is 21.9. The summed E-state index contributed by atoms with van der Waals surface area (Å²) in [6.45, 7) is -1.32. The molecule has 0 bridgehead atoms. The number of halogens is 3. The second kappa shape index (κ2) is 9.44. The molecule has 0 saturated heterocycles. The zero-order valence-electron chi connectivity index (χ0n) is 16.6. The quantitative estimate of drug-likeness (QED) is 0.327. The predicted molar refractivity (Wildman–Crippen MR) is 119 cm³/mol. The molecule has 1 aliphatic carbocycles. The van der Waals surface area contributed by atoms with Crippen molar-refractivity contribution in [1.29, 1.82) is 0 Å². The van der Waals surface area contributed by atoms with Gasteiger partial charge in [-0.05, 0) is 47.1 Å². The molecule has 1 aliphatic rings. The van der Waals surface area contributed by atoms with Crippen LogP contribution in [0.1, 0.15) is 35.4 Å². The van der Waals surface area contributed by atoms with E-state index >= 15 is 0 Å². The average Bonchev–Trinajstić information content (AvgIpc) is 3.38. The van der Waals surface area contributed by atoms with E-state index in [9.17, 15) is 18.0 Å². The Morgan fingerprint density at radius 3 is 2.68 bits per heavy atom. The smallest absolute Gasteiger partial charge is 0.346 e. The fourth-order valence-corrected chi connectivity index (χ4v) is 5.68. The molecule has 3 aromatic rings. The van der Waals surface area contributed by atoms with E-state index in [4.69, 9.17) is 0 Å². The number of thioether (sulfide) groups is 1. The molecule has 1 atom stereocenters. The monoisotopic (exact) mass is 462 g/mol. The maximum Gasteiger partial charge on any atom is 0.405 e. The normalized spacial score (nSPS) is 14.9. The van der Waals surface area contributed by atoms with Gasteiger partial charge in [-0.25, -0.2) is 4.98 Å². The first-order valence-electron chi connectivity index (χ1n) is 10.0. The van der Waals surface area contributed by atoms with Gasteiger partial charge in [0.15, 0.2) is 0 Å². The Morgan fingerprint density at radius 1 is 1.10 bits per heavy atom. The van der Waals surface area contributed by atoms with Crippen molar-refractivity contribution >= 4 is 29.0 Å². The van der Waals surface area contributed by atoms with Gasteiger partial charge in [0.05, 0.1) is 5.92 Å². The molecule has 2 aromatic carbocycles. The Hall–Kier alpha value is -2.32. The molecule has 4 rings (SSSR count). The number of carbonyl (C=O) groups is 1. The van der Waals surface area contributed by atoms with E-state index < -0.39 is 24.5 Å². The molecule has 0 radical (unpaired) electrons. The third kappa shape index (κ3) is 5.13. The van der Waals surface area contributed by atoms with Gasteiger partial charge in [-0.2, -0.15) is 13.2 Å². The Morgan fingerprint density at radius 2 is 1.90 bits per heavy atom. The van der Waals surface area contributed by atoms with E-state index in [1.54, 1.807) is 29.3 Å². The SMILES string of the molecule is O=C(NCC(F)(F)F)C1c2ccccc2-c2cccc(CCCCSc3nccs3)c21. The summed E-state index contributed by atoms with van der Waals surface area (Å²) in [5.74, 6) is -0.358. The molecule has 162 valence electrons. The fraction of sp³-hybridized carbons (Fsp3) is 0.304. The van der Waals surface area contributed by atoms with Gasteiger partial charge in [0.1, 0.15) is 10.9 Å². The zero-order chi connectivity index (χ0) is 21.8. The maximum atomic E-state index is 12.9. The zero-order valence-corrected chi connectivity index (χ0v) is 18.2.